The number of aromatic amines is 2. The quantitative estimate of drug-likeness (QED) is 0.501. The molecule has 2 heterocycles. The first kappa shape index (κ1) is 17.6. The van der Waals surface area contributed by atoms with Gasteiger partial charge in [0, 0.05) is 12.0 Å². The molecule has 0 bridgehead atoms. The van der Waals surface area contributed by atoms with Crippen molar-refractivity contribution in [2.24, 2.45) is 0 Å². The number of H-pyrrole nitrogens is 2. The van der Waals surface area contributed by atoms with Crippen LogP contribution in [0.3, 0.4) is 0 Å². The third-order valence-corrected chi connectivity index (χ3v) is 4.26. The molecule has 0 aliphatic carbocycles. The summed E-state index contributed by atoms with van der Waals surface area (Å²) in [6, 6.07) is 14.6. The lowest BCUT2D eigenvalue weighted by molar-refractivity contribution is 0.0992. The van der Waals surface area contributed by atoms with Crippen LogP contribution in [0.15, 0.2) is 53.3 Å². The second kappa shape index (κ2) is 7.43. The Morgan fingerprint density at radius 3 is 2.71 bits per heavy atom. The van der Waals surface area contributed by atoms with Crippen molar-refractivity contribution in [3.05, 3.63) is 70.0 Å². The Balaban J connectivity index is 1.72. The molecular weight excluding hydrogens is 358 g/mol. The molecular formula is C20H17N5O3. The van der Waals surface area contributed by atoms with E-state index in [9.17, 15) is 9.59 Å². The van der Waals surface area contributed by atoms with Gasteiger partial charge in [-0.1, -0.05) is 36.4 Å². The van der Waals surface area contributed by atoms with E-state index in [-0.39, 0.29) is 16.9 Å². The lowest BCUT2D eigenvalue weighted by atomic mass is 10.0. The van der Waals surface area contributed by atoms with E-state index in [2.05, 4.69) is 25.4 Å². The standard InChI is InChI=1S/C20H17N5O3/c1-2-28-16-11-13(15(26)10-12-6-4-3-5-7-12)8-9-14(16)18-21-19-17(20(27)22-18)23-25-24-19/h3-9,11H,2,10H2,1H3,(H2,21,22,23,24,25,27). The molecule has 0 fully saturated rings. The average molecular weight is 375 g/mol. The number of Topliss-reactive ketones (excluding diaryl/α,β-unsaturated/α-hetero) is 1. The van der Waals surface area contributed by atoms with E-state index < -0.39 is 5.56 Å². The molecule has 8 nitrogen and oxygen atoms in total. The number of benzene rings is 2. The first-order valence-corrected chi connectivity index (χ1v) is 8.81. The largest absolute Gasteiger partial charge is 0.493 e. The van der Waals surface area contributed by atoms with Crippen molar-refractivity contribution >= 4 is 16.9 Å². The number of hydrogen-bond acceptors (Lipinski definition) is 6. The molecule has 0 saturated carbocycles. The van der Waals surface area contributed by atoms with Crippen LogP contribution in [-0.4, -0.2) is 37.8 Å². The van der Waals surface area contributed by atoms with E-state index in [1.165, 1.54) is 0 Å². The van der Waals surface area contributed by atoms with Crippen LogP contribution in [0.25, 0.3) is 22.6 Å². The minimum absolute atomic E-state index is 0.0212. The predicted molar refractivity (Wildman–Crippen MR) is 103 cm³/mol. The van der Waals surface area contributed by atoms with Gasteiger partial charge in [-0.2, -0.15) is 5.21 Å². The fourth-order valence-electron chi connectivity index (χ4n) is 2.93. The van der Waals surface area contributed by atoms with Crippen molar-refractivity contribution in [1.29, 1.82) is 0 Å². The molecule has 140 valence electrons. The number of carbonyl (C=O) groups is 1. The number of nitrogens with zero attached hydrogens (tertiary/aromatic N) is 3. The summed E-state index contributed by atoms with van der Waals surface area (Å²) in [5, 5.41) is 10.0. The van der Waals surface area contributed by atoms with Crippen molar-refractivity contribution in [2.75, 3.05) is 6.61 Å². The highest BCUT2D eigenvalue weighted by molar-refractivity contribution is 5.98. The smallest absolute Gasteiger partial charge is 0.281 e. The zero-order valence-electron chi connectivity index (χ0n) is 15.1. The Kier molecular flexibility index (Phi) is 4.67. The Bertz CT molecular complexity index is 1200. The first-order chi connectivity index (χ1) is 13.7. The van der Waals surface area contributed by atoms with E-state index in [1.54, 1.807) is 18.2 Å². The molecule has 4 aromatic rings. The van der Waals surface area contributed by atoms with Gasteiger partial charge in [-0.25, -0.2) is 4.98 Å². The van der Waals surface area contributed by atoms with Gasteiger partial charge >= 0.3 is 0 Å². The molecule has 2 aromatic carbocycles. The topological polar surface area (TPSA) is 114 Å². The molecule has 0 aliphatic rings. The molecule has 0 aliphatic heterocycles. The normalized spacial score (nSPS) is 10.9. The fourth-order valence-corrected chi connectivity index (χ4v) is 2.93. The SMILES string of the molecule is CCOc1cc(C(=O)Cc2ccccc2)ccc1-c1nc2n[nH]nc2c(=O)[nH]1. The zero-order chi connectivity index (χ0) is 19.5. The Labute approximate surface area is 159 Å². The second-order valence-electron chi connectivity index (χ2n) is 6.14. The summed E-state index contributed by atoms with van der Waals surface area (Å²) in [7, 11) is 0. The number of rotatable bonds is 6. The summed E-state index contributed by atoms with van der Waals surface area (Å²) >= 11 is 0. The maximum atomic E-state index is 12.7. The zero-order valence-corrected chi connectivity index (χ0v) is 15.1. The lowest BCUT2D eigenvalue weighted by Crippen LogP contribution is -2.11. The summed E-state index contributed by atoms with van der Waals surface area (Å²) in [5.74, 6) is 0.747. The molecule has 0 radical (unpaired) electrons. The van der Waals surface area contributed by atoms with Crippen LogP contribution in [0.1, 0.15) is 22.8 Å². The Morgan fingerprint density at radius 2 is 1.93 bits per heavy atom. The van der Waals surface area contributed by atoms with Crippen LogP contribution < -0.4 is 10.3 Å². The molecule has 0 spiro atoms. The molecule has 0 amide bonds. The van der Waals surface area contributed by atoms with Crippen LogP contribution in [0.5, 0.6) is 5.75 Å². The third-order valence-electron chi connectivity index (χ3n) is 4.26. The van der Waals surface area contributed by atoms with E-state index >= 15 is 0 Å². The Morgan fingerprint density at radius 1 is 1.11 bits per heavy atom. The maximum absolute atomic E-state index is 12.7. The number of ether oxygens (including phenoxy) is 1. The van der Waals surface area contributed by atoms with E-state index in [1.807, 2.05) is 37.3 Å². The van der Waals surface area contributed by atoms with Gasteiger partial charge in [0.25, 0.3) is 5.56 Å². The first-order valence-electron chi connectivity index (χ1n) is 8.81. The van der Waals surface area contributed by atoms with Gasteiger partial charge in [-0.3, -0.25) is 9.59 Å². The van der Waals surface area contributed by atoms with Crippen molar-refractivity contribution in [3.8, 4) is 17.1 Å². The third kappa shape index (κ3) is 3.39. The predicted octanol–water partition coefficient (Wildman–Crippen LogP) is 2.53. The van der Waals surface area contributed by atoms with E-state index in [0.717, 1.165) is 5.56 Å². The molecule has 0 atom stereocenters. The van der Waals surface area contributed by atoms with Crippen LogP contribution in [-0.2, 0) is 6.42 Å². The van der Waals surface area contributed by atoms with Gasteiger partial charge in [0.15, 0.2) is 11.3 Å². The number of carbonyl (C=O) groups excluding carboxylic acids is 1. The number of hydrogen-bond donors (Lipinski definition) is 2. The van der Waals surface area contributed by atoms with Crippen molar-refractivity contribution in [2.45, 2.75) is 13.3 Å². The molecule has 2 aromatic heterocycles. The van der Waals surface area contributed by atoms with Crippen molar-refractivity contribution in [1.82, 2.24) is 25.4 Å². The summed E-state index contributed by atoms with van der Waals surface area (Å²) < 4.78 is 5.71. The minimum atomic E-state index is -0.402. The highest BCUT2D eigenvalue weighted by Gasteiger charge is 2.16. The Hall–Kier alpha value is -3.81. The van der Waals surface area contributed by atoms with Gasteiger partial charge in [0.2, 0.25) is 5.65 Å². The van der Waals surface area contributed by atoms with Crippen molar-refractivity contribution in [3.63, 3.8) is 0 Å². The van der Waals surface area contributed by atoms with E-state index in [0.29, 0.717) is 35.7 Å². The van der Waals surface area contributed by atoms with Crippen molar-refractivity contribution < 1.29 is 9.53 Å². The molecule has 0 saturated heterocycles. The lowest BCUT2D eigenvalue weighted by Gasteiger charge is -2.11. The second-order valence-corrected chi connectivity index (χ2v) is 6.14. The minimum Gasteiger partial charge on any atom is -0.493 e. The number of ketones is 1. The maximum Gasteiger partial charge on any atom is 0.281 e. The molecule has 28 heavy (non-hydrogen) atoms. The number of fused-ring (bicyclic) bond motifs is 1. The van der Waals surface area contributed by atoms with Gasteiger partial charge in [-0.15, -0.1) is 10.2 Å². The van der Waals surface area contributed by atoms with E-state index in [4.69, 9.17) is 4.74 Å². The number of nitrogens with one attached hydrogen (secondary N) is 2. The summed E-state index contributed by atoms with van der Waals surface area (Å²) in [6.07, 6.45) is 0.297. The van der Waals surface area contributed by atoms with Gasteiger partial charge in [-0.05, 0) is 24.6 Å². The van der Waals surface area contributed by atoms with Gasteiger partial charge < -0.3 is 9.72 Å². The summed E-state index contributed by atoms with van der Waals surface area (Å²) in [6.45, 7) is 2.25. The van der Waals surface area contributed by atoms with Crippen LogP contribution in [0.4, 0.5) is 0 Å². The summed E-state index contributed by atoms with van der Waals surface area (Å²) in [5.41, 5.74) is 1.99. The fraction of sp³-hybridized carbons (Fsp3) is 0.150. The molecule has 0 unspecified atom stereocenters. The highest BCUT2D eigenvalue weighted by Crippen LogP contribution is 2.29. The van der Waals surface area contributed by atoms with Gasteiger partial charge in [0.05, 0.1) is 12.2 Å². The molecule has 2 N–H and O–H groups in total. The monoisotopic (exact) mass is 375 g/mol. The van der Waals surface area contributed by atoms with Gasteiger partial charge in [0.1, 0.15) is 11.6 Å². The number of aromatic nitrogens is 5. The average Bonchev–Trinajstić information content (AvgIpc) is 3.18. The van der Waals surface area contributed by atoms with Crippen LogP contribution in [0, 0.1) is 0 Å². The molecule has 8 heteroatoms. The van der Waals surface area contributed by atoms with Crippen LogP contribution >= 0.6 is 0 Å². The molecule has 4 rings (SSSR count). The summed E-state index contributed by atoms with van der Waals surface area (Å²) in [4.78, 5) is 31.8. The highest BCUT2D eigenvalue weighted by atomic mass is 16.5. The van der Waals surface area contributed by atoms with Crippen LogP contribution in [0.2, 0.25) is 0 Å².